The van der Waals surface area contributed by atoms with E-state index in [0.29, 0.717) is 57.8 Å². The van der Waals surface area contributed by atoms with Crippen LogP contribution in [-0.4, -0.2) is 136 Å². The summed E-state index contributed by atoms with van der Waals surface area (Å²) in [5, 5.41) is 30.4. The zero-order valence-electron chi connectivity index (χ0n) is 71.6. The van der Waals surface area contributed by atoms with Gasteiger partial charge >= 0.3 is 31.5 Å². The standard InChI is InChI=1S/C94H154N3O18P/c1-4-7-10-13-16-19-22-31-49-64-79(112-87(102)67-52-34-25-28-40-55-76-58-43-37-44-59-76)70-84(99)95-82(93(105)106)74-110-94-91(97-86(101)72-81(66-51-33-24-21-18-15-12-9-6-3)114-89(104)69-54-36-27-30-42-57-78-62-47-39-48-63-78)90(92(83(73-98)115-94)111-75-116(107,108)109)96-85(100)71-80(65-50-32-23-20-17-14-11-8-5-2)113-88(103)68-53-35-26-29-41-56-77-60-45-38-46-61-77/h37-39,43-48,58-63,79-83,90-92,94,98H,4-36,40-42,49-57,64-75H2,1-3H3,(H,95,99)(H,96,100)(H,97,101)(H,105,106)(H2,107,108,109)/t79-,80-,81-,82+,83?,90?,91?,92-,94-/m1/s1. The zero-order chi connectivity index (χ0) is 83.7. The number of rotatable bonds is 74. The second-order valence-corrected chi connectivity index (χ2v) is 34.3. The number of ether oxygens (including phenoxy) is 6. The van der Waals surface area contributed by atoms with Crippen molar-refractivity contribution in [2.24, 2.45) is 0 Å². The Morgan fingerprint density at radius 1 is 0.397 bits per heavy atom. The summed E-state index contributed by atoms with van der Waals surface area (Å²) < 4.78 is 49.7. The number of unbranched alkanes of at least 4 members (excludes halogenated alkanes) is 36. The molecule has 0 aliphatic carbocycles. The summed E-state index contributed by atoms with van der Waals surface area (Å²) in [7, 11) is -5.01. The van der Waals surface area contributed by atoms with Crippen molar-refractivity contribution in [3.63, 3.8) is 0 Å². The Morgan fingerprint density at radius 3 is 1.02 bits per heavy atom. The predicted molar refractivity (Wildman–Crippen MR) is 459 cm³/mol. The van der Waals surface area contributed by atoms with Gasteiger partial charge < -0.3 is 64.4 Å². The molecule has 7 N–H and O–H groups in total. The van der Waals surface area contributed by atoms with Gasteiger partial charge in [0.2, 0.25) is 17.7 Å². The number of aliphatic carboxylic acids is 1. The zero-order valence-corrected chi connectivity index (χ0v) is 72.5. The normalized spacial score (nSPS) is 16.6. The van der Waals surface area contributed by atoms with Crippen LogP contribution in [0.25, 0.3) is 0 Å². The number of carbonyl (C=O) groups is 7. The van der Waals surface area contributed by atoms with Crippen molar-refractivity contribution in [2.45, 2.75) is 422 Å². The van der Waals surface area contributed by atoms with E-state index in [-0.39, 0.29) is 38.5 Å². The molecule has 9 atom stereocenters. The quantitative estimate of drug-likeness (QED) is 0.0120. The minimum absolute atomic E-state index is 0.129. The van der Waals surface area contributed by atoms with E-state index >= 15 is 9.59 Å². The number of aliphatic hydroxyl groups excluding tert-OH is 1. The van der Waals surface area contributed by atoms with Gasteiger partial charge in [-0.05, 0) is 113 Å². The lowest BCUT2D eigenvalue weighted by Gasteiger charge is -2.46. The summed E-state index contributed by atoms with van der Waals surface area (Å²) in [5.74, 6) is -5.09. The van der Waals surface area contributed by atoms with Crippen molar-refractivity contribution in [2.75, 3.05) is 19.6 Å². The van der Waals surface area contributed by atoms with Gasteiger partial charge in [-0.3, -0.25) is 33.3 Å². The Hall–Kier alpha value is -6.06. The summed E-state index contributed by atoms with van der Waals surface area (Å²) >= 11 is 0. The predicted octanol–water partition coefficient (Wildman–Crippen LogP) is 20.2. The van der Waals surface area contributed by atoms with Gasteiger partial charge in [0.1, 0.15) is 42.9 Å². The molecule has 0 aromatic heterocycles. The molecule has 658 valence electrons. The van der Waals surface area contributed by atoms with Crippen molar-refractivity contribution in [3.05, 3.63) is 108 Å². The van der Waals surface area contributed by atoms with Crippen molar-refractivity contribution in [1.29, 1.82) is 0 Å². The second-order valence-electron chi connectivity index (χ2n) is 32.7. The van der Waals surface area contributed by atoms with Gasteiger partial charge in [0, 0.05) is 19.3 Å². The van der Waals surface area contributed by atoms with Gasteiger partial charge in [-0.1, -0.05) is 324 Å². The first-order chi connectivity index (χ1) is 56.4. The lowest BCUT2D eigenvalue weighted by atomic mass is 9.92. The SMILES string of the molecule is CCCCCCCCCCC[C@H](CC(=O)NC1C(NC(=O)C[C@@H](CCCCCCCCCCC)OC(=O)CCCCCCCc2ccccc2)[C@H](OCP(=O)(O)O)C(CO)O[C@H]1OC[C@H](NC(=O)C[C@@H](CCCCCCCCCCC)OC(=O)CCCCCCCc1ccccc1)C(=O)O)OC(=O)CCCCCCCc1ccccc1. The van der Waals surface area contributed by atoms with Crippen molar-refractivity contribution >= 4 is 49.2 Å². The Morgan fingerprint density at radius 2 is 0.698 bits per heavy atom. The molecule has 1 heterocycles. The third-order valence-corrected chi connectivity index (χ3v) is 22.6. The number of hydrogen-bond donors (Lipinski definition) is 7. The number of aryl methyl sites for hydroxylation is 3. The van der Waals surface area contributed by atoms with Crippen LogP contribution in [0.4, 0.5) is 0 Å². The van der Waals surface area contributed by atoms with Crippen molar-refractivity contribution in [1.82, 2.24) is 16.0 Å². The fourth-order valence-electron chi connectivity index (χ4n) is 15.4. The Bertz CT molecular complexity index is 3050. The fraction of sp³-hybridized carbons (Fsp3) is 0.734. The minimum atomic E-state index is -5.01. The molecular formula is C94H154N3O18P. The van der Waals surface area contributed by atoms with Gasteiger partial charge in [-0.25, -0.2) is 4.79 Å². The molecular weight excluding hydrogens is 1490 g/mol. The van der Waals surface area contributed by atoms with Crippen LogP contribution < -0.4 is 16.0 Å². The highest BCUT2D eigenvalue weighted by Gasteiger charge is 2.50. The number of esters is 3. The summed E-state index contributed by atoms with van der Waals surface area (Å²) in [6.45, 7) is 4.83. The molecule has 3 aromatic rings. The number of amides is 3. The third kappa shape index (κ3) is 52.1. The van der Waals surface area contributed by atoms with Gasteiger partial charge in [-0.2, -0.15) is 0 Å². The van der Waals surface area contributed by atoms with E-state index < -0.39 is 124 Å². The molecule has 0 saturated carbocycles. The van der Waals surface area contributed by atoms with Gasteiger partial charge in [0.15, 0.2) is 12.3 Å². The van der Waals surface area contributed by atoms with Crippen LogP contribution in [0.15, 0.2) is 91.0 Å². The molecule has 21 nitrogen and oxygen atoms in total. The van der Waals surface area contributed by atoms with E-state index in [1.165, 1.54) is 61.6 Å². The lowest BCUT2D eigenvalue weighted by Crippen LogP contribution is -2.70. The Labute approximate surface area is 697 Å². The van der Waals surface area contributed by atoms with E-state index in [9.17, 15) is 48.5 Å². The maximum atomic E-state index is 15.1. The molecule has 116 heavy (non-hydrogen) atoms. The second kappa shape index (κ2) is 66.7. The smallest absolute Gasteiger partial charge is 0.350 e. The summed E-state index contributed by atoms with van der Waals surface area (Å²) in [4.78, 5) is 120. The molecule has 1 aliphatic heterocycles. The maximum Gasteiger partial charge on any atom is 0.350 e. The van der Waals surface area contributed by atoms with E-state index in [1.54, 1.807) is 0 Å². The van der Waals surface area contributed by atoms with Crippen LogP contribution in [0.2, 0.25) is 0 Å². The molecule has 1 saturated heterocycles. The Balaban J connectivity index is 1.65. The van der Waals surface area contributed by atoms with E-state index in [0.717, 1.165) is 205 Å². The van der Waals surface area contributed by atoms with E-state index in [2.05, 4.69) is 73.1 Å². The first kappa shape index (κ1) is 102. The minimum Gasteiger partial charge on any atom is -0.480 e. The largest absolute Gasteiger partial charge is 0.480 e. The van der Waals surface area contributed by atoms with Crippen LogP contribution in [0, 0.1) is 0 Å². The number of carboxylic acids is 1. The monoisotopic (exact) mass is 1640 g/mol. The maximum absolute atomic E-state index is 15.1. The van der Waals surface area contributed by atoms with Crippen molar-refractivity contribution in [3.8, 4) is 0 Å². The van der Waals surface area contributed by atoms with Crippen LogP contribution in [0.1, 0.15) is 365 Å². The van der Waals surface area contributed by atoms with Gasteiger partial charge in [0.25, 0.3) is 0 Å². The first-order valence-corrected chi connectivity index (χ1v) is 47.5. The number of nitrogens with one attached hydrogen (secondary N) is 3. The van der Waals surface area contributed by atoms with E-state index in [1.807, 2.05) is 54.6 Å². The molecule has 3 aromatic carbocycles. The van der Waals surface area contributed by atoms with Crippen LogP contribution >= 0.6 is 7.60 Å². The molecule has 1 aliphatic rings. The number of carboxylic acid groups (broad SMARTS) is 1. The average Bonchev–Trinajstić information content (AvgIpc) is 0.783. The van der Waals surface area contributed by atoms with Crippen molar-refractivity contribution < 1.29 is 86.5 Å². The first-order valence-electron chi connectivity index (χ1n) is 45.7. The Kier molecular flexibility index (Phi) is 58.8. The molecule has 0 radical (unpaired) electrons. The molecule has 3 amide bonds. The topological polar surface area (TPSA) is 309 Å². The summed E-state index contributed by atoms with van der Waals surface area (Å²) in [6.07, 6.45) is 35.3. The average molecular weight is 1650 g/mol. The lowest BCUT2D eigenvalue weighted by molar-refractivity contribution is -0.256. The molecule has 0 spiro atoms. The van der Waals surface area contributed by atoms with Gasteiger partial charge in [-0.15, -0.1) is 0 Å². The number of benzene rings is 3. The van der Waals surface area contributed by atoms with Crippen LogP contribution in [0.5, 0.6) is 0 Å². The fourth-order valence-corrected chi connectivity index (χ4v) is 15.8. The molecule has 1 fully saturated rings. The van der Waals surface area contributed by atoms with Crippen LogP contribution in [-0.2, 0) is 85.8 Å². The third-order valence-electron chi connectivity index (χ3n) is 22.1. The molecule has 0 bridgehead atoms. The highest BCUT2D eigenvalue weighted by atomic mass is 31.2. The number of aliphatic hydroxyl groups is 1. The highest BCUT2D eigenvalue weighted by molar-refractivity contribution is 7.51. The number of carbonyl (C=O) groups excluding carboxylic acids is 6. The van der Waals surface area contributed by atoms with Crippen LogP contribution in [0.3, 0.4) is 0 Å². The molecule has 4 rings (SSSR count). The molecule has 22 heteroatoms. The summed E-state index contributed by atoms with van der Waals surface area (Å²) in [5.41, 5.74) is 3.84. The van der Waals surface area contributed by atoms with Gasteiger partial charge in [0.05, 0.1) is 38.5 Å². The summed E-state index contributed by atoms with van der Waals surface area (Å²) in [6, 6.07) is 26.0. The number of hydrogen-bond acceptors (Lipinski definition) is 15. The molecule has 3 unspecified atom stereocenters. The van der Waals surface area contributed by atoms with E-state index in [4.69, 9.17) is 28.4 Å². The highest BCUT2D eigenvalue weighted by Crippen LogP contribution is 2.37.